The number of nitrogens with one attached hydrogen (secondary N) is 1. The van der Waals surface area contributed by atoms with Gasteiger partial charge in [-0.05, 0) is 13.3 Å². The van der Waals surface area contributed by atoms with Crippen molar-refractivity contribution >= 4 is 29.5 Å². The number of amides is 2. The molecule has 1 heterocycles. The fraction of sp³-hybridized carbons (Fsp3) is 0.615. The van der Waals surface area contributed by atoms with Crippen LogP contribution in [0.2, 0.25) is 0 Å². The fourth-order valence-corrected chi connectivity index (χ4v) is 2.27. The maximum atomic E-state index is 12.4. The number of carbonyl (C=O) groups is 5. The van der Waals surface area contributed by atoms with E-state index in [1.54, 1.807) is 0 Å². The summed E-state index contributed by atoms with van der Waals surface area (Å²) >= 11 is 0. The van der Waals surface area contributed by atoms with Gasteiger partial charge in [0.25, 0.3) is 0 Å². The Labute approximate surface area is 131 Å². The first kappa shape index (κ1) is 18.6. The Kier molecular flexibility index (Phi) is 6.19. The van der Waals surface area contributed by atoms with Gasteiger partial charge in [0.1, 0.15) is 12.5 Å². The minimum Gasteiger partial charge on any atom is -0.481 e. The van der Waals surface area contributed by atoms with Crippen LogP contribution in [0, 0.1) is 5.92 Å². The molecule has 1 aliphatic heterocycles. The van der Waals surface area contributed by atoms with E-state index in [1.165, 1.54) is 6.92 Å². The SMILES string of the molecule is C[C@H](N)C(=O)N[C@@H](CC(=O)O)C(=O)[C@H]1CCN(CC(=O)O)C1=O. The number of nitrogens with zero attached hydrogens (tertiary/aromatic N) is 1. The maximum Gasteiger partial charge on any atom is 0.323 e. The lowest BCUT2D eigenvalue weighted by atomic mass is 9.94. The highest BCUT2D eigenvalue weighted by Gasteiger charge is 2.41. The smallest absolute Gasteiger partial charge is 0.323 e. The van der Waals surface area contributed by atoms with Gasteiger partial charge in [0, 0.05) is 6.54 Å². The van der Waals surface area contributed by atoms with E-state index in [0.29, 0.717) is 0 Å². The van der Waals surface area contributed by atoms with Crippen LogP contribution < -0.4 is 11.1 Å². The molecule has 23 heavy (non-hydrogen) atoms. The van der Waals surface area contributed by atoms with E-state index in [0.717, 1.165) is 4.90 Å². The number of hydrogen-bond acceptors (Lipinski definition) is 6. The monoisotopic (exact) mass is 329 g/mol. The van der Waals surface area contributed by atoms with E-state index < -0.39 is 60.5 Å². The molecule has 1 fully saturated rings. The summed E-state index contributed by atoms with van der Waals surface area (Å²) in [5.74, 6) is -5.83. The Morgan fingerprint density at radius 1 is 1.30 bits per heavy atom. The highest BCUT2D eigenvalue weighted by molar-refractivity contribution is 6.07. The molecular weight excluding hydrogens is 310 g/mol. The molecule has 1 aliphatic rings. The van der Waals surface area contributed by atoms with E-state index >= 15 is 0 Å². The van der Waals surface area contributed by atoms with Crippen LogP contribution in [0.25, 0.3) is 0 Å². The number of aliphatic carboxylic acids is 2. The van der Waals surface area contributed by atoms with Gasteiger partial charge < -0.3 is 26.2 Å². The minimum atomic E-state index is -1.38. The van der Waals surface area contributed by atoms with E-state index in [2.05, 4.69) is 5.32 Å². The predicted octanol–water partition coefficient (Wildman–Crippen LogP) is -2.20. The number of hydrogen-bond donors (Lipinski definition) is 4. The van der Waals surface area contributed by atoms with Crippen molar-refractivity contribution in [3.63, 3.8) is 0 Å². The van der Waals surface area contributed by atoms with Gasteiger partial charge in [-0.15, -0.1) is 0 Å². The molecule has 0 aromatic carbocycles. The Hall–Kier alpha value is -2.49. The van der Waals surface area contributed by atoms with Crippen molar-refractivity contribution in [3.8, 4) is 0 Å². The van der Waals surface area contributed by atoms with Gasteiger partial charge in [-0.25, -0.2) is 0 Å². The fourth-order valence-electron chi connectivity index (χ4n) is 2.27. The summed E-state index contributed by atoms with van der Waals surface area (Å²) < 4.78 is 0. The number of rotatable bonds is 8. The molecule has 2 amide bonds. The first-order valence-corrected chi connectivity index (χ1v) is 6.95. The third-order valence-corrected chi connectivity index (χ3v) is 3.42. The zero-order valence-corrected chi connectivity index (χ0v) is 12.5. The zero-order valence-electron chi connectivity index (χ0n) is 12.5. The normalized spacial score (nSPS) is 20.0. The van der Waals surface area contributed by atoms with Crippen molar-refractivity contribution in [3.05, 3.63) is 0 Å². The molecule has 3 atom stereocenters. The number of likely N-dealkylation sites (tertiary alicyclic amines) is 1. The van der Waals surface area contributed by atoms with E-state index in [-0.39, 0.29) is 13.0 Å². The number of Topliss-reactive ketones (excluding diaryl/α,β-unsaturated/α-hetero) is 1. The van der Waals surface area contributed by atoms with Crippen molar-refractivity contribution < 1.29 is 34.2 Å². The van der Waals surface area contributed by atoms with Crippen LogP contribution in [0.5, 0.6) is 0 Å². The highest BCUT2D eigenvalue weighted by Crippen LogP contribution is 2.21. The second-order valence-corrected chi connectivity index (χ2v) is 5.34. The molecule has 10 nitrogen and oxygen atoms in total. The Morgan fingerprint density at radius 3 is 2.39 bits per heavy atom. The standard InChI is InChI=1S/C13H19N3O7/c1-6(14)12(22)15-8(4-9(17)18)11(21)7-2-3-16(13(7)23)5-10(19)20/h6-8H,2-5,14H2,1H3,(H,15,22)(H,17,18)(H,19,20)/t6-,7+,8-/m0/s1. The molecule has 0 saturated carbocycles. The quantitative estimate of drug-likeness (QED) is 0.364. The number of carboxylic acids is 2. The third-order valence-electron chi connectivity index (χ3n) is 3.42. The van der Waals surface area contributed by atoms with Gasteiger partial charge in [0.15, 0.2) is 5.78 Å². The van der Waals surface area contributed by atoms with Crippen LogP contribution in [-0.4, -0.2) is 69.8 Å². The number of nitrogens with two attached hydrogens (primary N) is 1. The minimum absolute atomic E-state index is 0.0785. The summed E-state index contributed by atoms with van der Waals surface area (Å²) in [4.78, 5) is 58.5. The summed E-state index contributed by atoms with van der Waals surface area (Å²) in [7, 11) is 0. The summed E-state index contributed by atoms with van der Waals surface area (Å²) in [6.45, 7) is 0.925. The molecular formula is C13H19N3O7. The summed E-state index contributed by atoms with van der Waals surface area (Å²) in [6.07, 6.45) is -0.602. The second-order valence-electron chi connectivity index (χ2n) is 5.34. The lowest BCUT2D eigenvalue weighted by Gasteiger charge is -2.20. The Bertz CT molecular complexity index is 532. The summed E-state index contributed by atoms with van der Waals surface area (Å²) in [6, 6.07) is -2.33. The van der Waals surface area contributed by atoms with Crippen molar-refractivity contribution in [1.29, 1.82) is 0 Å². The molecule has 1 saturated heterocycles. The van der Waals surface area contributed by atoms with Crippen molar-refractivity contribution in [2.24, 2.45) is 11.7 Å². The van der Waals surface area contributed by atoms with Crippen LogP contribution in [0.1, 0.15) is 19.8 Å². The zero-order chi connectivity index (χ0) is 17.7. The first-order valence-electron chi connectivity index (χ1n) is 6.95. The van der Waals surface area contributed by atoms with Crippen LogP contribution in [0.3, 0.4) is 0 Å². The lowest BCUT2D eigenvalue weighted by Crippen LogP contribution is -2.50. The number of ketones is 1. The molecule has 0 spiro atoms. The van der Waals surface area contributed by atoms with E-state index in [1.807, 2.05) is 0 Å². The number of carboxylic acid groups (broad SMARTS) is 2. The van der Waals surface area contributed by atoms with E-state index in [9.17, 15) is 24.0 Å². The summed E-state index contributed by atoms with van der Waals surface area (Å²) in [5, 5.41) is 19.8. The molecule has 1 rings (SSSR count). The predicted molar refractivity (Wildman–Crippen MR) is 75.2 cm³/mol. The molecule has 5 N–H and O–H groups in total. The topological polar surface area (TPSA) is 167 Å². The van der Waals surface area contributed by atoms with Gasteiger partial charge in [-0.1, -0.05) is 0 Å². The molecule has 0 aromatic heterocycles. The van der Waals surface area contributed by atoms with Crippen molar-refractivity contribution in [2.45, 2.75) is 31.8 Å². The molecule has 0 radical (unpaired) electrons. The van der Waals surface area contributed by atoms with Crippen LogP contribution in [0.4, 0.5) is 0 Å². The maximum absolute atomic E-state index is 12.4. The van der Waals surface area contributed by atoms with Crippen molar-refractivity contribution in [1.82, 2.24) is 10.2 Å². The highest BCUT2D eigenvalue weighted by atomic mass is 16.4. The lowest BCUT2D eigenvalue weighted by molar-refractivity contribution is -0.146. The molecule has 0 aliphatic carbocycles. The van der Waals surface area contributed by atoms with Crippen LogP contribution in [0.15, 0.2) is 0 Å². The van der Waals surface area contributed by atoms with Gasteiger partial charge in [0.05, 0.1) is 18.5 Å². The molecule has 0 bridgehead atoms. The van der Waals surface area contributed by atoms with Gasteiger partial charge >= 0.3 is 11.9 Å². The summed E-state index contributed by atoms with van der Waals surface area (Å²) in [5.41, 5.74) is 5.36. The van der Waals surface area contributed by atoms with Crippen LogP contribution >= 0.6 is 0 Å². The van der Waals surface area contributed by atoms with Gasteiger partial charge in [-0.2, -0.15) is 0 Å². The average Bonchev–Trinajstić information content (AvgIpc) is 2.77. The number of carbonyl (C=O) groups excluding carboxylic acids is 3. The largest absolute Gasteiger partial charge is 0.481 e. The molecule has 128 valence electrons. The third kappa shape index (κ3) is 5.02. The molecule has 10 heteroatoms. The van der Waals surface area contributed by atoms with Gasteiger partial charge in [0.2, 0.25) is 11.8 Å². The average molecular weight is 329 g/mol. The van der Waals surface area contributed by atoms with Crippen molar-refractivity contribution in [2.75, 3.05) is 13.1 Å². The second kappa shape index (κ2) is 7.68. The van der Waals surface area contributed by atoms with E-state index in [4.69, 9.17) is 15.9 Å². The Morgan fingerprint density at radius 2 is 1.91 bits per heavy atom. The Balaban J connectivity index is 2.84. The van der Waals surface area contributed by atoms with Gasteiger partial charge in [-0.3, -0.25) is 24.0 Å². The molecule has 0 aromatic rings. The van der Waals surface area contributed by atoms with Crippen LogP contribution in [-0.2, 0) is 24.0 Å². The first-order chi connectivity index (χ1) is 10.6. The molecule has 0 unspecified atom stereocenters.